The monoisotopic (exact) mass is 435 g/mol. The first-order valence-electron chi connectivity index (χ1n) is 11.0. The number of nitrogens with zero attached hydrogens (tertiary/aromatic N) is 3. The standard InChI is InChI=1S/C24H29N5O3/c1-24(2,3)21(31)18-13-26-22-20(18)28-19(14-27-22)15-10-16(23(32)25-6-9-30)12-17(11-15)29-7-4-5-8-29/h10-14,30H,4-9H2,1-3H3,(H,25,32)(H,26,27). The number of aliphatic hydroxyl groups excluding tert-OH is 1. The van der Waals surface area contributed by atoms with Crippen molar-refractivity contribution in [3.05, 3.63) is 41.7 Å². The van der Waals surface area contributed by atoms with Crippen LogP contribution in [-0.4, -0.2) is 58.0 Å². The molecule has 1 aliphatic heterocycles. The lowest BCUT2D eigenvalue weighted by atomic mass is 9.87. The zero-order valence-corrected chi connectivity index (χ0v) is 18.7. The zero-order chi connectivity index (χ0) is 22.9. The molecule has 0 saturated carbocycles. The van der Waals surface area contributed by atoms with Crippen LogP contribution >= 0.6 is 0 Å². The second-order valence-corrected chi connectivity index (χ2v) is 9.18. The Labute approximate surface area is 187 Å². The summed E-state index contributed by atoms with van der Waals surface area (Å²) in [5, 5.41) is 11.8. The second-order valence-electron chi connectivity index (χ2n) is 9.18. The molecule has 0 aliphatic carbocycles. The summed E-state index contributed by atoms with van der Waals surface area (Å²) >= 11 is 0. The molecule has 4 rings (SSSR count). The summed E-state index contributed by atoms with van der Waals surface area (Å²) in [5.74, 6) is -0.259. The van der Waals surface area contributed by atoms with Gasteiger partial charge in [0.05, 0.1) is 24.1 Å². The summed E-state index contributed by atoms with van der Waals surface area (Å²) in [7, 11) is 0. The van der Waals surface area contributed by atoms with Gasteiger partial charge in [0, 0.05) is 48.1 Å². The second kappa shape index (κ2) is 8.70. The number of aromatic nitrogens is 3. The van der Waals surface area contributed by atoms with Crippen LogP contribution in [0.2, 0.25) is 0 Å². The van der Waals surface area contributed by atoms with Crippen LogP contribution < -0.4 is 10.2 Å². The molecule has 0 unspecified atom stereocenters. The third-order valence-electron chi connectivity index (χ3n) is 5.65. The van der Waals surface area contributed by atoms with Crippen LogP contribution in [0.15, 0.2) is 30.6 Å². The summed E-state index contributed by atoms with van der Waals surface area (Å²) in [6, 6.07) is 5.67. The number of aliphatic hydroxyl groups is 1. The number of nitrogens with one attached hydrogen (secondary N) is 2. The zero-order valence-electron chi connectivity index (χ0n) is 18.7. The van der Waals surface area contributed by atoms with Crippen molar-refractivity contribution < 1.29 is 14.7 Å². The van der Waals surface area contributed by atoms with Crippen molar-refractivity contribution in [1.82, 2.24) is 20.3 Å². The molecule has 1 aliphatic rings. The number of hydrogen-bond acceptors (Lipinski definition) is 6. The van der Waals surface area contributed by atoms with Crippen molar-refractivity contribution in [2.75, 3.05) is 31.1 Å². The van der Waals surface area contributed by atoms with Crippen molar-refractivity contribution in [1.29, 1.82) is 0 Å². The summed E-state index contributed by atoms with van der Waals surface area (Å²) in [6.07, 6.45) is 5.55. The Kier molecular flexibility index (Phi) is 5.97. The number of fused-ring (bicyclic) bond motifs is 1. The Balaban J connectivity index is 1.80. The maximum Gasteiger partial charge on any atom is 0.251 e. The van der Waals surface area contributed by atoms with Crippen molar-refractivity contribution in [2.24, 2.45) is 5.41 Å². The molecule has 1 fully saturated rings. The third-order valence-corrected chi connectivity index (χ3v) is 5.65. The van der Waals surface area contributed by atoms with E-state index in [1.54, 1.807) is 18.5 Å². The predicted molar refractivity (Wildman–Crippen MR) is 124 cm³/mol. The van der Waals surface area contributed by atoms with Gasteiger partial charge in [0.1, 0.15) is 5.52 Å². The van der Waals surface area contributed by atoms with Crippen LogP contribution in [-0.2, 0) is 0 Å². The van der Waals surface area contributed by atoms with Crippen LogP contribution in [0.4, 0.5) is 5.69 Å². The normalized spacial score (nSPS) is 14.2. The maximum absolute atomic E-state index is 12.9. The van der Waals surface area contributed by atoms with Crippen molar-refractivity contribution in [3.63, 3.8) is 0 Å². The first-order valence-corrected chi connectivity index (χ1v) is 11.0. The Bertz CT molecular complexity index is 1160. The number of Topliss-reactive ketones (excluding diaryl/α,β-unsaturated/α-hetero) is 1. The van der Waals surface area contributed by atoms with Crippen LogP contribution in [0.3, 0.4) is 0 Å². The number of anilines is 1. The summed E-state index contributed by atoms with van der Waals surface area (Å²) in [5.41, 5.74) is 3.86. The molecular formula is C24H29N5O3. The number of hydrogen-bond donors (Lipinski definition) is 3. The predicted octanol–water partition coefficient (Wildman–Crippen LogP) is 3.18. The van der Waals surface area contributed by atoms with Gasteiger partial charge in [-0.05, 0) is 31.0 Å². The minimum atomic E-state index is -0.541. The molecule has 8 heteroatoms. The fourth-order valence-corrected chi connectivity index (χ4v) is 3.93. The summed E-state index contributed by atoms with van der Waals surface area (Å²) in [6.45, 7) is 7.58. The minimum Gasteiger partial charge on any atom is -0.395 e. The number of rotatable bonds is 6. The fourth-order valence-electron chi connectivity index (χ4n) is 3.93. The fraction of sp³-hybridized carbons (Fsp3) is 0.417. The number of amides is 1. The van der Waals surface area contributed by atoms with Crippen LogP contribution in [0.1, 0.15) is 54.3 Å². The van der Waals surface area contributed by atoms with Gasteiger partial charge in [-0.1, -0.05) is 20.8 Å². The van der Waals surface area contributed by atoms with Crippen LogP contribution in [0, 0.1) is 5.41 Å². The number of aromatic amines is 1. The Morgan fingerprint density at radius 1 is 1.19 bits per heavy atom. The highest BCUT2D eigenvalue weighted by molar-refractivity contribution is 6.08. The third kappa shape index (κ3) is 4.36. The van der Waals surface area contributed by atoms with E-state index in [0.717, 1.165) is 37.2 Å². The van der Waals surface area contributed by atoms with Gasteiger partial charge in [0.15, 0.2) is 11.4 Å². The van der Waals surface area contributed by atoms with Gasteiger partial charge in [0.2, 0.25) is 0 Å². The molecule has 1 amide bonds. The maximum atomic E-state index is 12.9. The summed E-state index contributed by atoms with van der Waals surface area (Å²) in [4.78, 5) is 40.1. The van der Waals surface area contributed by atoms with E-state index in [9.17, 15) is 9.59 Å². The van der Waals surface area contributed by atoms with Crippen LogP contribution in [0.5, 0.6) is 0 Å². The molecular weight excluding hydrogens is 406 g/mol. The molecule has 8 nitrogen and oxygen atoms in total. The van der Waals surface area contributed by atoms with Crippen molar-refractivity contribution in [2.45, 2.75) is 33.6 Å². The van der Waals surface area contributed by atoms with E-state index in [4.69, 9.17) is 10.1 Å². The Morgan fingerprint density at radius 3 is 2.62 bits per heavy atom. The first kappa shape index (κ1) is 22.0. The van der Waals surface area contributed by atoms with Gasteiger partial charge in [-0.25, -0.2) is 9.97 Å². The molecule has 3 aromatic rings. The Morgan fingerprint density at radius 2 is 1.94 bits per heavy atom. The quantitative estimate of drug-likeness (QED) is 0.513. The molecule has 0 spiro atoms. The lowest BCUT2D eigenvalue weighted by molar-refractivity contribution is 0.0859. The Hall–Kier alpha value is -3.26. The molecule has 3 heterocycles. The van der Waals surface area contributed by atoms with E-state index in [0.29, 0.717) is 28.0 Å². The van der Waals surface area contributed by atoms with Crippen LogP contribution in [0.25, 0.3) is 22.4 Å². The lowest BCUT2D eigenvalue weighted by Gasteiger charge is -2.20. The van der Waals surface area contributed by atoms with Gasteiger partial charge >= 0.3 is 0 Å². The molecule has 0 radical (unpaired) electrons. The minimum absolute atomic E-state index is 0.00918. The average Bonchev–Trinajstić information content (AvgIpc) is 3.45. The molecule has 3 N–H and O–H groups in total. The summed E-state index contributed by atoms with van der Waals surface area (Å²) < 4.78 is 0. The number of H-pyrrole nitrogens is 1. The molecule has 1 saturated heterocycles. The molecule has 168 valence electrons. The van der Waals surface area contributed by atoms with Gasteiger partial charge < -0.3 is 20.3 Å². The van der Waals surface area contributed by atoms with E-state index < -0.39 is 5.41 Å². The smallest absolute Gasteiger partial charge is 0.251 e. The van der Waals surface area contributed by atoms with Gasteiger partial charge in [-0.15, -0.1) is 0 Å². The highest BCUT2D eigenvalue weighted by Gasteiger charge is 2.26. The number of benzene rings is 1. The SMILES string of the molecule is CC(C)(C)C(=O)c1c[nH]c2ncc(-c3cc(C(=O)NCCO)cc(N4CCCC4)c3)nc12. The number of carbonyl (C=O) groups excluding carboxylic acids is 2. The van der Waals surface area contributed by atoms with E-state index in [2.05, 4.69) is 20.2 Å². The largest absolute Gasteiger partial charge is 0.395 e. The van der Waals surface area contributed by atoms with Crippen molar-refractivity contribution in [3.8, 4) is 11.3 Å². The molecule has 1 aromatic carbocycles. The van der Waals surface area contributed by atoms with E-state index in [1.165, 1.54) is 0 Å². The van der Waals surface area contributed by atoms with Gasteiger partial charge in [-0.2, -0.15) is 0 Å². The van der Waals surface area contributed by atoms with E-state index >= 15 is 0 Å². The topological polar surface area (TPSA) is 111 Å². The molecule has 0 atom stereocenters. The van der Waals surface area contributed by atoms with E-state index in [-0.39, 0.29) is 24.8 Å². The van der Waals surface area contributed by atoms with Crippen molar-refractivity contribution >= 4 is 28.5 Å². The highest BCUT2D eigenvalue weighted by Crippen LogP contribution is 2.30. The lowest BCUT2D eigenvalue weighted by Crippen LogP contribution is -2.27. The molecule has 32 heavy (non-hydrogen) atoms. The highest BCUT2D eigenvalue weighted by atomic mass is 16.3. The first-order chi connectivity index (χ1) is 15.3. The molecule has 2 aromatic heterocycles. The molecule has 0 bridgehead atoms. The van der Waals surface area contributed by atoms with Gasteiger partial charge in [0.25, 0.3) is 5.91 Å². The van der Waals surface area contributed by atoms with E-state index in [1.807, 2.05) is 32.9 Å². The van der Waals surface area contributed by atoms with Gasteiger partial charge in [-0.3, -0.25) is 9.59 Å². The number of carbonyl (C=O) groups is 2. The average molecular weight is 436 g/mol. The number of ketones is 1.